The van der Waals surface area contributed by atoms with Crippen LogP contribution in [0, 0.1) is 0 Å². The van der Waals surface area contributed by atoms with E-state index in [0.29, 0.717) is 25.9 Å². The van der Waals surface area contributed by atoms with Gasteiger partial charge in [0.05, 0.1) is 25.4 Å². The number of carbonyl (C=O) groups excluding carboxylic acids is 2. The van der Waals surface area contributed by atoms with Gasteiger partial charge in [0.1, 0.15) is 0 Å². The van der Waals surface area contributed by atoms with E-state index in [4.69, 9.17) is 4.74 Å². The Kier molecular flexibility index (Phi) is 59.0. The average molecular weight is 989 g/mol. The fourth-order valence-corrected chi connectivity index (χ4v) is 10.2. The molecule has 0 rings (SSSR count). The number of allylic oxidation sites excluding steroid dienone is 2. The van der Waals surface area contributed by atoms with Crippen LogP contribution in [0.1, 0.15) is 361 Å². The van der Waals surface area contributed by atoms with Crippen LogP contribution in [0.3, 0.4) is 0 Å². The summed E-state index contributed by atoms with van der Waals surface area (Å²) in [7, 11) is 0. The maximum Gasteiger partial charge on any atom is 0.305 e. The second-order valence-corrected chi connectivity index (χ2v) is 22.1. The Bertz CT molecular complexity index is 1050. The summed E-state index contributed by atoms with van der Waals surface area (Å²) in [6.07, 6.45) is 72.2. The molecule has 6 heteroatoms. The number of aliphatic hydroxyl groups is 2. The second-order valence-electron chi connectivity index (χ2n) is 22.1. The number of hydrogen-bond donors (Lipinski definition) is 3. The summed E-state index contributed by atoms with van der Waals surface area (Å²) in [6, 6.07) is -0.552. The number of amides is 1. The lowest BCUT2D eigenvalue weighted by atomic mass is 10.0. The lowest BCUT2D eigenvalue weighted by Gasteiger charge is -2.22. The molecule has 0 aliphatic heterocycles. The molecule has 0 saturated carbocycles. The fourth-order valence-electron chi connectivity index (χ4n) is 10.2. The van der Waals surface area contributed by atoms with Crippen molar-refractivity contribution in [1.82, 2.24) is 5.32 Å². The molecule has 0 aliphatic rings. The summed E-state index contributed by atoms with van der Waals surface area (Å²) in [5.74, 6) is -0.0402. The number of rotatable bonds is 60. The van der Waals surface area contributed by atoms with Gasteiger partial charge in [-0.25, -0.2) is 0 Å². The quantitative estimate of drug-likeness (QED) is 0.0321. The van der Waals surface area contributed by atoms with Crippen LogP contribution in [0.5, 0.6) is 0 Å². The molecule has 1 amide bonds. The SMILES string of the molecule is CCCCCCCCCCCCCCCCCCCCCCCCCC(O)C(CO)NC(=O)CCCCCCC/C=C\CCCCCCCCCCCOC(=O)CCCCCCCCCCCCCC. The molecule has 0 bridgehead atoms. The highest BCUT2D eigenvalue weighted by atomic mass is 16.5. The normalized spacial score (nSPS) is 12.6. The minimum absolute atomic E-state index is 0.00470. The van der Waals surface area contributed by atoms with Gasteiger partial charge in [0, 0.05) is 12.8 Å². The molecule has 0 aliphatic carbocycles. The lowest BCUT2D eigenvalue weighted by molar-refractivity contribution is -0.143. The fraction of sp³-hybridized carbons (Fsp3) is 0.938. The van der Waals surface area contributed by atoms with Gasteiger partial charge in [0.15, 0.2) is 0 Å². The van der Waals surface area contributed by atoms with E-state index in [9.17, 15) is 19.8 Å². The van der Waals surface area contributed by atoms with Gasteiger partial charge in [0.25, 0.3) is 0 Å². The zero-order valence-corrected chi connectivity index (χ0v) is 47.5. The Morgan fingerprint density at radius 2 is 0.671 bits per heavy atom. The summed E-state index contributed by atoms with van der Waals surface area (Å²) in [5, 5.41) is 23.4. The highest BCUT2D eigenvalue weighted by Crippen LogP contribution is 2.18. The molecule has 3 N–H and O–H groups in total. The number of nitrogens with one attached hydrogen (secondary N) is 1. The Morgan fingerprint density at radius 1 is 0.386 bits per heavy atom. The topological polar surface area (TPSA) is 95.9 Å². The van der Waals surface area contributed by atoms with Crippen molar-refractivity contribution in [1.29, 1.82) is 0 Å². The van der Waals surface area contributed by atoms with Gasteiger partial charge in [-0.05, 0) is 51.4 Å². The van der Waals surface area contributed by atoms with E-state index in [1.54, 1.807) is 0 Å². The molecule has 0 aromatic heterocycles. The van der Waals surface area contributed by atoms with E-state index in [1.165, 1.54) is 270 Å². The molecular formula is C64H125NO5. The molecule has 0 heterocycles. The van der Waals surface area contributed by atoms with E-state index < -0.39 is 12.1 Å². The number of hydrogen-bond acceptors (Lipinski definition) is 5. The summed E-state index contributed by atoms with van der Waals surface area (Å²) in [4.78, 5) is 24.5. The Morgan fingerprint density at radius 3 is 1.01 bits per heavy atom. The highest BCUT2D eigenvalue weighted by molar-refractivity contribution is 5.76. The third-order valence-corrected chi connectivity index (χ3v) is 15.1. The van der Waals surface area contributed by atoms with Crippen molar-refractivity contribution in [3.05, 3.63) is 12.2 Å². The van der Waals surface area contributed by atoms with Crippen LogP contribution in [0.25, 0.3) is 0 Å². The zero-order valence-electron chi connectivity index (χ0n) is 47.5. The average Bonchev–Trinajstić information content (AvgIpc) is 3.36. The van der Waals surface area contributed by atoms with Crippen LogP contribution >= 0.6 is 0 Å². The van der Waals surface area contributed by atoms with Crippen LogP contribution in [-0.2, 0) is 14.3 Å². The molecule has 416 valence electrons. The molecule has 2 atom stereocenters. The molecule has 0 aromatic rings. The summed E-state index contributed by atoms with van der Waals surface area (Å²) in [5.41, 5.74) is 0. The van der Waals surface area contributed by atoms with E-state index in [0.717, 1.165) is 57.8 Å². The van der Waals surface area contributed by atoms with E-state index in [-0.39, 0.29) is 18.5 Å². The van der Waals surface area contributed by atoms with Gasteiger partial charge < -0.3 is 20.3 Å². The predicted octanol–water partition coefficient (Wildman–Crippen LogP) is 20.0. The smallest absolute Gasteiger partial charge is 0.305 e. The van der Waals surface area contributed by atoms with Crippen molar-refractivity contribution in [2.75, 3.05) is 13.2 Å². The lowest BCUT2D eigenvalue weighted by Crippen LogP contribution is -2.45. The summed E-state index contributed by atoms with van der Waals surface area (Å²) in [6.45, 7) is 4.97. The largest absolute Gasteiger partial charge is 0.466 e. The van der Waals surface area contributed by atoms with Gasteiger partial charge >= 0.3 is 5.97 Å². The first kappa shape index (κ1) is 68.6. The zero-order chi connectivity index (χ0) is 50.7. The van der Waals surface area contributed by atoms with Crippen molar-refractivity contribution in [2.45, 2.75) is 373 Å². The van der Waals surface area contributed by atoms with Crippen LogP contribution in [0.15, 0.2) is 12.2 Å². The summed E-state index contributed by atoms with van der Waals surface area (Å²) >= 11 is 0. The third kappa shape index (κ3) is 55.9. The van der Waals surface area contributed by atoms with E-state index in [1.807, 2.05) is 0 Å². The molecule has 70 heavy (non-hydrogen) atoms. The Balaban J connectivity index is 3.44. The molecule has 0 spiro atoms. The molecule has 0 aromatic carbocycles. The number of esters is 1. The van der Waals surface area contributed by atoms with Crippen LogP contribution in [0.2, 0.25) is 0 Å². The highest BCUT2D eigenvalue weighted by Gasteiger charge is 2.20. The standard InChI is InChI=1S/C64H125NO5/c1-3-5-7-9-11-13-15-17-18-19-20-21-22-23-24-27-30-33-36-40-44-48-52-56-62(67)61(60-66)65-63(68)57-53-49-45-41-37-34-31-28-25-26-29-32-35-39-43-47-51-55-59-70-64(69)58-54-50-46-42-38-16-14-12-10-8-6-4-2/h28,31,61-62,66-67H,3-27,29-30,32-60H2,1-2H3,(H,65,68)/b31-28-. The first-order valence-electron chi connectivity index (χ1n) is 31.9. The van der Waals surface area contributed by atoms with Crippen LogP contribution < -0.4 is 5.32 Å². The van der Waals surface area contributed by atoms with Crippen molar-refractivity contribution < 1.29 is 24.5 Å². The van der Waals surface area contributed by atoms with Crippen molar-refractivity contribution >= 4 is 11.9 Å². The van der Waals surface area contributed by atoms with Crippen LogP contribution in [-0.4, -0.2) is 47.4 Å². The molecular weight excluding hydrogens is 863 g/mol. The minimum atomic E-state index is -0.673. The van der Waals surface area contributed by atoms with E-state index in [2.05, 4.69) is 31.3 Å². The molecule has 0 radical (unpaired) electrons. The molecule has 0 fully saturated rings. The summed E-state index contributed by atoms with van der Waals surface area (Å²) < 4.78 is 5.47. The van der Waals surface area contributed by atoms with Crippen molar-refractivity contribution in [2.24, 2.45) is 0 Å². The number of ether oxygens (including phenoxy) is 1. The van der Waals surface area contributed by atoms with Gasteiger partial charge in [-0.15, -0.1) is 0 Å². The first-order valence-corrected chi connectivity index (χ1v) is 31.9. The third-order valence-electron chi connectivity index (χ3n) is 15.1. The maximum absolute atomic E-state index is 12.5. The maximum atomic E-state index is 12.5. The van der Waals surface area contributed by atoms with Gasteiger partial charge in [-0.2, -0.15) is 0 Å². The Hall–Kier alpha value is -1.40. The monoisotopic (exact) mass is 988 g/mol. The molecule has 6 nitrogen and oxygen atoms in total. The van der Waals surface area contributed by atoms with Crippen molar-refractivity contribution in [3.63, 3.8) is 0 Å². The van der Waals surface area contributed by atoms with Crippen molar-refractivity contribution in [3.8, 4) is 0 Å². The predicted molar refractivity (Wildman–Crippen MR) is 306 cm³/mol. The Labute approximate surface area is 438 Å². The van der Waals surface area contributed by atoms with Crippen LogP contribution in [0.4, 0.5) is 0 Å². The second kappa shape index (κ2) is 60.2. The van der Waals surface area contributed by atoms with Gasteiger partial charge in [-0.1, -0.05) is 309 Å². The van der Waals surface area contributed by atoms with Gasteiger partial charge in [-0.3, -0.25) is 9.59 Å². The van der Waals surface area contributed by atoms with E-state index >= 15 is 0 Å². The van der Waals surface area contributed by atoms with Gasteiger partial charge in [0.2, 0.25) is 5.91 Å². The molecule has 0 saturated heterocycles. The minimum Gasteiger partial charge on any atom is -0.466 e. The number of unbranched alkanes of at least 4 members (excludes halogenated alkanes) is 47. The number of carbonyl (C=O) groups is 2. The number of aliphatic hydroxyl groups excluding tert-OH is 2. The first-order chi connectivity index (χ1) is 34.5. The molecule has 2 unspecified atom stereocenters.